The summed E-state index contributed by atoms with van der Waals surface area (Å²) < 4.78 is 57.8. The van der Waals surface area contributed by atoms with Crippen LogP contribution in [0.3, 0.4) is 0 Å². The molecule has 1 amide bonds. The second kappa shape index (κ2) is 9.85. The lowest BCUT2D eigenvalue weighted by Gasteiger charge is -2.37. The number of aromatic nitrogens is 6. The number of alkyl halides is 1. The van der Waals surface area contributed by atoms with Gasteiger partial charge in [-0.05, 0) is 82.9 Å². The maximum atomic E-state index is 16.4. The lowest BCUT2D eigenvalue weighted by atomic mass is 9.98. The average Bonchev–Trinajstić information content (AvgIpc) is 3.73. The molecule has 5 aromatic rings. The average molecular weight is 620 g/mol. The predicted molar refractivity (Wildman–Crippen MR) is 160 cm³/mol. The predicted octanol–water partition coefficient (Wildman–Crippen LogP) is 6.06. The molecule has 0 spiro atoms. The molecule has 5 heterocycles. The normalized spacial score (nSPS) is 19.4. The Balaban J connectivity index is 1.46. The second-order valence-corrected chi connectivity index (χ2v) is 12.8. The molecular weight excluding hydrogens is 587 g/mol. The highest BCUT2D eigenvalue weighted by molar-refractivity contribution is 5.81. The van der Waals surface area contributed by atoms with E-state index in [0.717, 1.165) is 4.57 Å². The molecule has 234 valence electrons. The minimum absolute atomic E-state index is 0.00679. The van der Waals surface area contributed by atoms with Crippen molar-refractivity contribution in [1.29, 1.82) is 0 Å². The number of hydrogen-bond acceptors (Lipinski definition) is 5. The standard InChI is InChI=1S/C32H32F3N7O3/c1-16-13-18(14-17(2)25(16)33)42-29(24-21-8-10-23(27(35)28(24)37-42)41(21)31(44)45-32(3,4)5)40-12-11-39(30(40)43)22-9-7-20-19(26(22)34)15-36-38(20)6/h7,9,11-15,21,23,27H,8,10H2,1-6H3/t21-,23?,27+/m1/s1. The molecule has 0 radical (unpaired) electrons. The van der Waals surface area contributed by atoms with Crippen LogP contribution in [-0.4, -0.2) is 51.3 Å². The minimum atomic E-state index is -1.67. The van der Waals surface area contributed by atoms with Crippen LogP contribution in [-0.2, 0) is 11.8 Å². The van der Waals surface area contributed by atoms with E-state index in [9.17, 15) is 14.0 Å². The monoisotopic (exact) mass is 619 g/mol. The summed E-state index contributed by atoms with van der Waals surface area (Å²) in [4.78, 5) is 29.0. The van der Waals surface area contributed by atoms with Crippen LogP contribution in [0.25, 0.3) is 28.1 Å². The van der Waals surface area contributed by atoms with Crippen LogP contribution < -0.4 is 5.69 Å². The van der Waals surface area contributed by atoms with E-state index < -0.39 is 41.5 Å². The summed E-state index contributed by atoms with van der Waals surface area (Å²) in [5, 5.41) is 9.03. The molecule has 3 atom stereocenters. The number of benzene rings is 2. The van der Waals surface area contributed by atoms with Gasteiger partial charge in [-0.15, -0.1) is 0 Å². The Kier molecular flexibility index (Phi) is 6.33. The zero-order valence-corrected chi connectivity index (χ0v) is 25.7. The number of carbonyl (C=O) groups is 1. The number of nitrogens with zero attached hydrogens (tertiary/aromatic N) is 7. The van der Waals surface area contributed by atoms with Crippen molar-refractivity contribution in [2.75, 3.05) is 0 Å². The van der Waals surface area contributed by atoms with Crippen LogP contribution >= 0.6 is 0 Å². The summed E-state index contributed by atoms with van der Waals surface area (Å²) in [7, 11) is 1.69. The van der Waals surface area contributed by atoms with E-state index in [1.54, 1.807) is 59.9 Å². The minimum Gasteiger partial charge on any atom is -0.444 e. The van der Waals surface area contributed by atoms with E-state index >= 15 is 8.78 Å². The number of rotatable bonds is 3. The fourth-order valence-electron chi connectivity index (χ4n) is 6.68. The van der Waals surface area contributed by atoms with Gasteiger partial charge in [-0.3, -0.25) is 18.7 Å². The lowest BCUT2D eigenvalue weighted by molar-refractivity contribution is 0.00106. The summed E-state index contributed by atoms with van der Waals surface area (Å²) in [6, 6.07) is 4.86. The molecule has 2 aliphatic heterocycles. The Hall–Kier alpha value is -4.81. The molecule has 2 aromatic carbocycles. The van der Waals surface area contributed by atoms with Crippen LogP contribution in [0.15, 0.2) is 47.7 Å². The highest BCUT2D eigenvalue weighted by atomic mass is 19.1. The van der Waals surface area contributed by atoms with Crippen LogP contribution in [0.4, 0.5) is 18.0 Å². The van der Waals surface area contributed by atoms with Crippen molar-refractivity contribution < 1.29 is 22.7 Å². The first-order chi connectivity index (χ1) is 21.3. The van der Waals surface area contributed by atoms with Crippen LogP contribution in [0.2, 0.25) is 0 Å². The van der Waals surface area contributed by atoms with E-state index in [0.29, 0.717) is 40.7 Å². The van der Waals surface area contributed by atoms with E-state index in [4.69, 9.17) is 4.74 Å². The third-order valence-electron chi connectivity index (χ3n) is 8.67. The summed E-state index contributed by atoms with van der Waals surface area (Å²) in [6.07, 6.45) is 2.74. The Morgan fingerprint density at radius 3 is 2.40 bits per heavy atom. The number of hydrogen-bond donors (Lipinski definition) is 0. The van der Waals surface area contributed by atoms with Gasteiger partial charge in [0.2, 0.25) is 0 Å². The Bertz CT molecular complexity index is 2060. The number of imidazole rings is 1. The first-order valence-electron chi connectivity index (χ1n) is 14.7. The molecule has 10 nitrogen and oxygen atoms in total. The van der Waals surface area contributed by atoms with Gasteiger partial charge in [0.1, 0.15) is 22.9 Å². The largest absolute Gasteiger partial charge is 0.444 e. The number of amides is 1. The SMILES string of the molecule is Cc1cc(-n2nc3c(c2-n2ccn(-c4ccc5c(cnn5C)c4F)c2=O)[C@H]2CCC([C@@H]3F)N2C(=O)OC(C)(C)C)cc(C)c1F. The number of aryl methyl sites for hydroxylation is 3. The van der Waals surface area contributed by atoms with Crippen molar-refractivity contribution in [1.82, 2.24) is 33.6 Å². The molecule has 2 aliphatic rings. The molecule has 7 rings (SSSR count). The van der Waals surface area contributed by atoms with Crippen molar-refractivity contribution in [3.8, 4) is 17.2 Å². The van der Waals surface area contributed by atoms with Crippen molar-refractivity contribution in [3.63, 3.8) is 0 Å². The van der Waals surface area contributed by atoms with Gasteiger partial charge in [0.25, 0.3) is 0 Å². The van der Waals surface area contributed by atoms with Crippen LogP contribution in [0.1, 0.15) is 68.2 Å². The zero-order valence-electron chi connectivity index (χ0n) is 25.7. The van der Waals surface area contributed by atoms with Gasteiger partial charge < -0.3 is 4.74 Å². The Labute approximate surface area is 256 Å². The number of carbonyl (C=O) groups excluding carboxylic acids is 1. The number of ether oxygens (including phenoxy) is 1. The molecule has 0 aliphatic carbocycles. The molecule has 1 saturated heterocycles. The number of fused-ring (bicyclic) bond motifs is 5. The van der Waals surface area contributed by atoms with E-state index in [2.05, 4.69) is 10.2 Å². The van der Waals surface area contributed by atoms with Crippen molar-refractivity contribution >= 4 is 17.0 Å². The molecule has 1 fully saturated rings. The molecule has 0 saturated carbocycles. The van der Waals surface area contributed by atoms with Gasteiger partial charge in [-0.2, -0.15) is 10.2 Å². The first kappa shape index (κ1) is 28.9. The highest BCUT2D eigenvalue weighted by Gasteiger charge is 2.53. The van der Waals surface area contributed by atoms with Crippen molar-refractivity contribution in [2.24, 2.45) is 7.05 Å². The van der Waals surface area contributed by atoms with Gasteiger partial charge in [-0.1, -0.05) is 0 Å². The van der Waals surface area contributed by atoms with E-state index in [-0.39, 0.29) is 28.4 Å². The van der Waals surface area contributed by atoms with Gasteiger partial charge in [0.15, 0.2) is 12.0 Å². The third kappa shape index (κ3) is 4.31. The Morgan fingerprint density at radius 2 is 1.71 bits per heavy atom. The fraction of sp³-hybridized carbons (Fsp3) is 0.375. The van der Waals surface area contributed by atoms with Crippen LogP contribution in [0.5, 0.6) is 0 Å². The lowest BCUT2D eigenvalue weighted by Crippen LogP contribution is -2.45. The summed E-state index contributed by atoms with van der Waals surface area (Å²) >= 11 is 0. The molecule has 2 bridgehead atoms. The summed E-state index contributed by atoms with van der Waals surface area (Å²) in [6.45, 7) is 8.43. The smallest absolute Gasteiger partial charge is 0.411 e. The Morgan fingerprint density at radius 1 is 1.02 bits per heavy atom. The van der Waals surface area contributed by atoms with Crippen molar-refractivity contribution in [2.45, 2.75) is 71.3 Å². The first-order valence-corrected chi connectivity index (χ1v) is 14.7. The molecule has 13 heteroatoms. The van der Waals surface area contributed by atoms with Gasteiger partial charge in [-0.25, -0.2) is 27.4 Å². The molecular formula is C32H32F3N7O3. The van der Waals surface area contributed by atoms with Gasteiger partial charge >= 0.3 is 11.8 Å². The van der Waals surface area contributed by atoms with Gasteiger partial charge in [0.05, 0.1) is 40.6 Å². The van der Waals surface area contributed by atoms with Gasteiger partial charge in [0, 0.05) is 25.0 Å². The van der Waals surface area contributed by atoms with Crippen LogP contribution in [0, 0.1) is 25.5 Å². The van der Waals surface area contributed by atoms with E-state index in [1.807, 2.05) is 0 Å². The molecule has 0 N–H and O–H groups in total. The topological polar surface area (TPSA) is 92.1 Å². The second-order valence-electron chi connectivity index (χ2n) is 12.8. The highest BCUT2D eigenvalue weighted by Crippen LogP contribution is 2.52. The molecule has 45 heavy (non-hydrogen) atoms. The van der Waals surface area contributed by atoms with E-state index in [1.165, 1.54) is 43.5 Å². The zero-order chi connectivity index (χ0) is 32.1. The molecule has 3 aromatic heterocycles. The quantitative estimate of drug-likeness (QED) is 0.245. The maximum Gasteiger partial charge on any atom is 0.411 e. The molecule has 1 unspecified atom stereocenters. The maximum absolute atomic E-state index is 16.4. The fourth-order valence-corrected chi connectivity index (χ4v) is 6.68. The number of halogens is 3. The summed E-state index contributed by atoms with van der Waals surface area (Å²) in [5.41, 5.74) is 0.652. The van der Waals surface area contributed by atoms with Crippen molar-refractivity contribution in [3.05, 3.63) is 87.4 Å². The summed E-state index contributed by atoms with van der Waals surface area (Å²) in [5.74, 6) is -0.830. The third-order valence-corrected chi connectivity index (χ3v) is 8.67.